The molecule has 60 heavy (non-hydrogen) atoms. The average Bonchev–Trinajstić information content (AvgIpc) is 3.85. The van der Waals surface area contributed by atoms with Gasteiger partial charge in [-0.25, -0.2) is 4.98 Å². The van der Waals surface area contributed by atoms with Crippen LogP contribution in [0.15, 0.2) is 164 Å². The Hall–Kier alpha value is -7.11. The minimum atomic E-state index is 0.0269. The first-order chi connectivity index (χ1) is 29.2. The van der Waals surface area contributed by atoms with Gasteiger partial charge in [-0.3, -0.25) is 4.57 Å². The van der Waals surface area contributed by atoms with Crippen LogP contribution in [-0.4, -0.2) is 24.1 Å². The second-order valence-corrected chi connectivity index (χ2v) is 17.8. The van der Waals surface area contributed by atoms with Gasteiger partial charge in [-0.1, -0.05) is 168 Å². The van der Waals surface area contributed by atoms with Crippen LogP contribution in [-0.2, 0) is 10.8 Å². The summed E-state index contributed by atoms with van der Waals surface area (Å²) in [7, 11) is 0. The average molecular weight is 774 g/mol. The van der Waals surface area contributed by atoms with Gasteiger partial charge in [0, 0.05) is 49.1 Å². The van der Waals surface area contributed by atoms with Gasteiger partial charge in [0.2, 0.25) is 5.95 Å². The topological polar surface area (TPSA) is 48.5 Å². The molecule has 3 aromatic heterocycles. The number of hydrogen-bond acceptors (Lipinski definition) is 3. The number of nitrogens with zero attached hydrogens (tertiary/aromatic N) is 5. The first-order valence-electron chi connectivity index (χ1n) is 21.0. The van der Waals surface area contributed by atoms with Gasteiger partial charge in [0.25, 0.3) is 0 Å². The maximum Gasteiger partial charge on any atom is 0.238 e. The molecule has 5 nitrogen and oxygen atoms in total. The van der Waals surface area contributed by atoms with Gasteiger partial charge in [0.05, 0.1) is 22.1 Å². The molecule has 1 aliphatic carbocycles. The highest BCUT2D eigenvalue weighted by Gasteiger charge is 2.48. The lowest BCUT2D eigenvalue weighted by Crippen LogP contribution is -2.30. The summed E-state index contributed by atoms with van der Waals surface area (Å²) in [6.07, 6.45) is 0. The summed E-state index contributed by atoms with van der Waals surface area (Å²) < 4.78 is 4.85. The fraction of sp³-hybridized carbons (Fsp3) is 0.145. The van der Waals surface area contributed by atoms with Gasteiger partial charge in [-0.2, -0.15) is 9.97 Å². The summed E-state index contributed by atoms with van der Waals surface area (Å²) in [5.74, 6) is 2.35. The number of aromatic nitrogens is 5. The molecule has 8 aromatic carbocycles. The number of rotatable bonds is 4. The molecular formula is C55H43N5. The van der Waals surface area contributed by atoms with Crippen LogP contribution in [0.3, 0.4) is 0 Å². The maximum absolute atomic E-state index is 5.35. The normalized spacial score (nSPS) is 15.8. The Bertz CT molecular complexity index is 3500. The summed E-state index contributed by atoms with van der Waals surface area (Å²) in [5, 5.41) is 9.48. The highest BCUT2D eigenvalue weighted by molar-refractivity contribution is 6.37. The van der Waals surface area contributed by atoms with Crippen molar-refractivity contribution in [3.05, 3.63) is 175 Å². The fourth-order valence-corrected chi connectivity index (χ4v) is 10.6. The number of hydrogen-bond donors (Lipinski definition) is 0. The van der Waals surface area contributed by atoms with Crippen LogP contribution in [0.2, 0.25) is 0 Å². The highest BCUT2D eigenvalue weighted by atomic mass is 15.2. The van der Waals surface area contributed by atoms with E-state index in [0.29, 0.717) is 23.5 Å². The third kappa shape index (κ3) is 4.77. The van der Waals surface area contributed by atoms with Gasteiger partial charge in [0.1, 0.15) is 0 Å². The van der Waals surface area contributed by atoms with Crippen molar-refractivity contribution in [1.82, 2.24) is 24.1 Å². The molecule has 0 amide bonds. The van der Waals surface area contributed by atoms with Crippen molar-refractivity contribution in [3.8, 4) is 34.4 Å². The second kappa shape index (κ2) is 12.5. The van der Waals surface area contributed by atoms with E-state index in [4.69, 9.17) is 15.0 Å². The van der Waals surface area contributed by atoms with Crippen molar-refractivity contribution >= 4 is 65.2 Å². The van der Waals surface area contributed by atoms with Gasteiger partial charge in [-0.15, -0.1) is 0 Å². The number of para-hydroxylation sites is 1. The first kappa shape index (κ1) is 34.9. The third-order valence-electron chi connectivity index (χ3n) is 14.1. The fourth-order valence-electron chi connectivity index (χ4n) is 10.6. The van der Waals surface area contributed by atoms with Crippen LogP contribution >= 0.6 is 0 Å². The Kier molecular flexibility index (Phi) is 7.24. The van der Waals surface area contributed by atoms with E-state index >= 15 is 0 Å². The quantitative estimate of drug-likeness (QED) is 0.179. The molecule has 0 radical (unpaired) electrons. The van der Waals surface area contributed by atoms with Crippen molar-refractivity contribution in [2.75, 3.05) is 0 Å². The van der Waals surface area contributed by atoms with Crippen molar-refractivity contribution in [2.45, 2.75) is 45.4 Å². The van der Waals surface area contributed by atoms with Crippen molar-refractivity contribution in [1.29, 1.82) is 0 Å². The van der Waals surface area contributed by atoms with E-state index < -0.39 is 0 Å². The molecule has 1 aliphatic rings. The zero-order valence-corrected chi connectivity index (χ0v) is 34.4. The summed E-state index contributed by atoms with van der Waals surface area (Å²) in [6.45, 7) is 12.1. The molecule has 1 atom stereocenters. The van der Waals surface area contributed by atoms with Gasteiger partial charge >= 0.3 is 0 Å². The van der Waals surface area contributed by atoms with E-state index in [2.05, 4.69) is 171 Å². The lowest BCUT2D eigenvalue weighted by atomic mass is 9.71. The minimum absolute atomic E-state index is 0.0269. The SMILES string of the molecule is CC1C(C)(C)c2ccc(-n3c4ccccc4c4c5c6cc7ccccc7cc6n(-c6nc(-c7ccccc7)nc(-c7ccccc7)n6)c5c5ccccc5c43)cc2C1(C)C. The van der Waals surface area contributed by atoms with Gasteiger partial charge < -0.3 is 4.57 Å². The van der Waals surface area contributed by atoms with Crippen LogP contribution in [0.1, 0.15) is 45.7 Å². The Morgan fingerprint density at radius 1 is 0.433 bits per heavy atom. The van der Waals surface area contributed by atoms with Crippen molar-refractivity contribution in [3.63, 3.8) is 0 Å². The molecule has 0 aliphatic heterocycles. The second-order valence-electron chi connectivity index (χ2n) is 17.8. The minimum Gasteiger partial charge on any atom is -0.309 e. The predicted molar refractivity (Wildman–Crippen MR) is 250 cm³/mol. The van der Waals surface area contributed by atoms with Crippen LogP contribution in [0.5, 0.6) is 0 Å². The van der Waals surface area contributed by atoms with Gasteiger partial charge in [0.15, 0.2) is 11.6 Å². The Labute approximate surface area is 348 Å². The smallest absolute Gasteiger partial charge is 0.238 e. The largest absolute Gasteiger partial charge is 0.309 e. The zero-order valence-electron chi connectivity index (χ0n) is 34.4. The molecule has 3 heterocycles. The molecule has 0 bridgehead atoms. The van der Waals surface area contributed by atoms with Crippen LogP contribution < -0.4 is 0 Å². The van der Waals surface area contributed by atoms with Crippen LogP contribution in [0.25, 0.3) is 99.6 Å². The molecule has 0 saturated heterocycles. The summed E-state index contributed by atoms with van der Waals surface area (Å²) >= 11 is 0. The molecule has 12 rings (SSSR count). The lowest BCUT2D eigenvalue weighted by molar-refractivity contribution is 0.264. The summed E-state index contributed by atoms with van der Waals surface area (Å²) in [4.78, 5) is 15.8. The van der Waals surface area contributed by atoms with Crippen LogP contribution in [0, 0.1) is 5.92 Å². The zero-order chi connectivity index (χ0) is 40.5. The highest BCUT2D eigenvalue weighted by Crippen LogP contribution is 2.55. The molecule has 0 spiro atoms. The monoisotopic (exact) mass is 773 g/mol. The van der Waals surface area contributed by atoms with E-state index in [-0.39, 0.29) is 10.8 Å². The molecule has 288 valence electrons. The number of fused-ring (bicyclic) bond motifs is 12. The first-order valence-corrected chi connectivity index (χ1v) is 21.0. The van der Waals surface area contributed by atoms with Crippen molar-refractivity contribution in [2.24, 2.45) is 5.92 Å². The van der Waals surface area contributed by atoms with E-state index in [1.807, 2.05) is 36.4 Å². The van der Waals surface area contributed by atoms with E-state index in [1.54, 1.807) is 0 Å². The molecule has 1 unspecified atom stereocenters. The van der Waals surface area contributed by atoms with E-state index in [1.165, 1.54) is 54.8 Å². The molecule has 0 fully saturated rings. The van der Waals surface area contributed by atoms with E-state index in [0.717, 1.165) is 38.3 Å². The summed E-state index contributed by atoms with van der Waals surface area (Å²) in [6, 6.07) is 59.0. The molecular weight excluding hydrogens is 731 g/mol. The number of benzene rings is 8. The van der Waals surface area contributed by atoms with E-state index in [9.17, 15) is 0 Å². The van der Waals surface area contributed by atoms with Gasteiger partial charge in [-0.05, 0) is 69.0 Å². The Balaban J connectivity index is 1.28. The molecule has 0 saturated carbocycles. The molecule has 0 N–H and O–H groups in total. The maximum atomic E-state index is 5.35. The Morgan fingerprint density at radius 3 is 1.60 bits per heavy atom. The Morgan fingerprint density at radius 2 is 0.950 bits per heavy atom. The molecule has 5 heteroatoms. The van der Waals surface area contributed by atoms with Crippen LogP contribution in [0.4, 0.5) is 0 Å². The third-order valence-corrected chi connectivity index (χ3v) is 14.1. The standard InChI is InChI=1S/C55H43N5/c1-33-54(2,3)43-29-28-38(32-44(43)55(33,4)5)59-45-27-17-16-26-41(45)47-48-42-30-36-22-12-13-23-37(36)31-46(42)60(50(48)40-25-15-14-24-39(40)49(47)59)53-57-51(34-18-8-6-9-19-34)56-52(58-53)35-20-10-7-11-21-35/h6-33H,1-5H3. The predicted octanol–water partition coefficient (Wildman–Crippen LogP) is 13.9. The molecule has 11 aromatic rings. The lowest BCUT2D eigenvalue weighted by Gasteiger charge is -2.32. The van der Waals surface area contributed by atoms with Crippen molar-refractivity contribution < 1.29 is 0 Å². The summed E-state index contributed by atoms with van der Waals surface area (Å²) in [5.41, 5.74) is 10.6.